The molecule has 8 heteroatoms. The van der Waals surface area contributed by atoms with Crippen molar-refractivity contribution in [3.05, 3.63) is 65.7 Å². The number of anilines is 1. The van der Waals surface area contributed by atoms with Crippen molar-refractivity contribution >= 4 is 15.7 Å². The highest BCUT2D eigenvalue weighted by molar-refractivity contribution is 7.91. The monoisotopic (exact) mass is 347 g/mol. The molecule has 6 nitrogen and oxygen atoms in total. The normalized spacial score (nSPS) is 11.4. The molecule has 1 aromatic heterocycles. The summed E-state index contributed by atoms with van der Waals surface area (Å²) in [6.07, 6.45) is 0. The van der Waals surface area contributed by atoms with Gasteiger partial charge in [-0.2, -0.15) is 4.98 Å². The van der Waals surface area contributed by atoms with Gasteiger partial charge < -0.3 is 4.52 Å². The number of aromatic nitrogens is 2. The summed E-state index contributed by atoms with van der Waals surface area (Å²) in [5, 5.41) is 3.70. The van der Waals surface area contributed by atoms with Crippen molar-refractivity contribution in [2.24, 2.45) is 0 Å². The van der Waals surface area contributed by atoms with Crippen LogP contribution >= 0.6 is 0 Å². The van der Waals surface area contributed by atoms with Crippen LogP contribution in [0.1, 0.15) is 11.4 Å². The molecule has 0 saturated carbocycles. The van der Waals surface area contributed by atoms with E-state index in [1.807, 2.05) is 0 Å². The van der Waals surface area contributed by atoms with Crippen molar-refractivity contribution in [2.75, 3.05) is 4.72 Å². The fourth-order valence-corrected chi connectivity index (χ4v) is 3.31. The van der Waals surface area contributed by atoms with Gasteiger partial charge in [0.15, 0.2) is 5.82 Å². The highest BCUT2D eigenvalue weighted by atomic mass is 32.2. The van der Waals surface area contributed by atoms with E-state index in [1.165, 1.54) is 24.3 Å². The number of halogens is 1. The van der Waals surface area contributed by atoms with Crippen molar-refractivity contribution in [1.82, 2.24) is 10.1 Å². The lowest BCUT2D eigenvalue weighted by atomic mass is 10.2. The minimum Gasteiger partial charge on any atom is -0.334 e. The SMILES string of the molecule is Cc1noc(-c2ccc(NS(=O)(=O)Cc3ccc(F)cc3)cc2)n1. The van der Waals surface area contributed by atoms with E-state index < -0.39 is 15.8 Å². The van der Waals surface area contributed by atoms with E-state index >= 15 is 0 Å². The molecule has 0 radical (unpaired) electrons. The van der Waals surface area contributed by atoms with Crippen LogP contribution in [-0.4, -0.2) is 18.6 Å². The van der Waals surface area contributed by atoms with Gasteiger partial charge in [0, 0.05) is 11.3 Å². The van der Waals surface area contributed by atoms with Crippen LogP contribution in [0.5, 0.6) is 0 Å². The van der Waals surface area contributed by atoms with Gasteiger partial charge in [0.05, 0.1) is 5.75 Å². The number of hydrogen-bond acceptors (Lipinski definition) is 5. The molecule has 3 rings (SSSR count). The van der Waals surface area contributed by atoms with Crippen molar-refractivity contribution in [3.8, 4) is 11.5 Å². The van der Waals surface area contributed by atoms with E-state index in [0.717, 1.165) is 0 Å². The molecule has 1 heterocycles. The van der Waals surface area contributed by atoms with Crippen LogP contribution in [0.15, 0.2) is 53.1 Å². The molecule has 0 fully saturated rings. The predicted octanol–water partition coefficient (Wildman–Crippen LogP) is 3.13. The molecule has 0 aliphatic heterocycles. The second-order valence-electron chi connectivity index (χ2n) is 5.21. The van der Waals surface area contributed by atoms with Gasteiger partial charge in [-0.25, -0.2) is 12.8 Å². The van der Waals surface area contributed by atoms with Gasteiger partial charge >= 0.3 is 0 Å². The van der Waals surface area contributed by atoms with E-state index in [-0.39, 0.29) is 5.75 Å². The maximum absolute atomic E-state index is 12.9. The average molecular weight is 347 g/mol. The van der Waals surface area contributed by atoms with Gasteiger partial charge in [-0.05, 0) is 48.9 Å². The quantitative estimate of drug-likeness (QED) is 0.766. The number of benzene rings is 2. The Labute approximate surface area is 138 Å². The van der Waals surface area contributed by atoms with E-state index in [0.29, 0.717) is 28.5 Å². The van der Waals surface area contributed by atoms with Crippen molar-refractivity contribution < 1.29 is 17.3 Å². The number of rotatable bonds is 5. The van der Waals surface area contributed by atoms with Crippen LogP contribution in [0.4, 0.5) is 10.1 Å². The number of sulfonamides is 1. The smallest absolute Gasteiger partial charge is 0.257 e. The highest BCUT2D eigenvalue weighted by Crippen LogP contribution is 2.21. The maximum atomic E-state index is 12.9. The average Bonchev–Trinajstić information content (AvgIpc) is 2.96. The Kier molecular flexibility index (Phi) is 4.30. The van der Waals surface area contributed by atoms with E-state index in [9.17, 15) is 12.8 Å². The van der Waals surface area contributed by atoms with Gasteiger partial charge in [-0.15, -0.1) is 0 Å². The van der Waals surface area contributed by atoms with Gasteiger partial charge in [-0.3, -0.25) is 4.72 Å². The molecular weight excluding hydrogens is 333 g/mol. The van der Waals surface area contributed by atoms with Crippen molar-refractivity contribution in [3.63, 3.8) is 0 Å². The van der Waals surface area contributed by atoms with E-state index in [4.69, 9.17) is 4.52 Å². The number of nitrogens with one attached hydrogen (secondary N) is 1. The summed E-state index contributed by atoms with van der Waals surface area (Å²) in [4.78, 5) is 4.10. The van der Waals surface area contributed by atoms with Crippen LogP contribution in [0.3, 0.4) is 0 Å². The van der Waals surface area contributed by atoms with Gasteiger partial charge in [-0.1, -0.05) is 17.3 Å². The predicted molar refractivity (Wildman–Crippen MR) is 87.1 cm³/mol. The second kappa shape index (κ2) is 6.40. The Balaban J connectivity index is 1.71. The molecule has 0 aliphatic rings. The lowest BCUT2D eigenvalue weighted by Gasteiger charge is -2.08. The number of aryl methyl sites for hydroxylation is 1. The zero-order valence-corrected chi connectivity index (χ0v) is 13.5. The van der Waals surface area contributed by atoms with E-state index in [2.05, 4.69) is 14.9 Å². The number of hydrogen-bond donors (Lipinski definition) is 1. The van der Waals surface area contributed by atoms with Crippen LogP contribution in [0, 0.1) is 12.7 Å². The largest absolute Gasteiger partial charge is 0.334 e. The second-order valence-corrected chi connectivity index (χ2v) is 6.93. The molecule has 0 saturated heterocycles. The molecule has 0 amide bonds. The van der Waals surface area contributed by atoms with Crippen molar-refractivity contribution in [1.29, 1.82) is 0 Å². The summed E-state index contributed by atoms with van der Waals surface area (Å²) in [6.45, 7) is 1.71. The first-order valence-corrected chi connectivity index (χ1v) is 8.72. The molecule has 0 bridgehead atoms. The van der Waals surface area contributed by atoms with Gasteiger partial charge in [0.25, 0.3) is 5.89 Å². The minimum absolute atomic E-state index is 0.238. The molecule has 1 N–H and O–H groups in total. The molecular formula is C16H14FN3O3S. The fourth-order valence-electron chi connectivity index (χ4n) is 2.11. The third-order valence-electron chi connectivity index (χ3n) is 3.20. The van der Waals surface area contributed by atoms with E-state index in [1.54, 1.807) is 31.2 Å². The van der Waals surface area contributed by atoms with Crippen LogP contribution in [0.2, 0.25) is 0 Å². The summed E-state index contributed by atoms with van der Waals surface area (Å²) in [6, 6.07) is 11.9. The zero-order chi connectivity index (χ0) is 17.2. The highest BCUT2D eigenvalue weighted by Gasteiger charge is 2.13. The molecule has 2 aromatic carbocycles. The number of nitrogens with zero attached hydrogens (tertiary/aromatic N) is 2. The summed E-state index contributed by atoms with van der Waals surface area (Å²) < 4.78 is 44.7. The first kappa shape index (κ1) is 16.1. The Morgan fingerprint density at radius 1 is 1.08 bits per heavy atom. The van der Waals surface area contributed by atoms with Crippen LogP contribution in [-0.2, 0) is 15.8 Å². The molecule has 0 spiro atoms. The Hall–Kier alpha value is -2.74. The lowest BCUT2D eigenvalue weighted by molar-refractivity contribution is 0.425. The molecule has 3 aromatic rings. The maximum Gasteiger partial charge on any atom is 0.257 e. The van der Waals surface area contributed by atoms with Crippen LogP contribution < -0.4 is 4.72 Å². The summed E-state index contributed by atoms with van der Waals surface area (Å²) >= 11 is 0. The molecule has 124 valence electrons. The Morgan fingerprint density at radius 3 is 2.33 bits per heavy atom. The third-order valence-corrected chi connectivity index (χ3v) is 4.46. The fraction of sp³-hybridized carbons (Fsp3) is 0.125. The standard InChI is InChI=1S/C16H14FN3O3S/c1-11-18-16(23-19-11)13-4-8-15(9-5-13)20-24(21,22)10-12-2-6-14(17)7-3-12/h2-9,20H,10H2,1H3. The third kappa shape index (κ3) is 3.96. The molecule has 0 atom stereocenters. The molecule has 0 aliphatic carbocycles. The first-order valence-electron chi connectivity index (χ1n) is 7.07. The lowest BCUT2D eigenvalue weighted by Crippen LogP contribution is -2.15. The Morgan fingerprint density at radius 2 is 1.75 bits per heavy atom. The zero-order valence-electron chi connectivity index (χ0n) is 12.7. The van der Waals surface area contributed by atoms with Crippen LogP contribution in [0.25, 0.3) is 11.5 Å². The van der Waals surface area contributed by atoms with Crippen molar-refractivity contribution in [2.45, 2.75) is 12.7 Å². The van der Waals surface area contributed by atoms with Gasteiger partial charge in [0.2, 0.25) is 10.0 Å². The topological polar surface area (TPSA) is 85.1 Å². The van der Waals surface area contributed by atoms with Gasteiger partial charge in [0.1, 0.15) is 5.82 Å². The summed E-state index contributed by atoms with van der Waals surface area (Å²) in [5.41, 5.74) is 1.61. The molecule has 0 unspecified atom stereocenters. The minimum atomic E-state index is -3.60. The summed E-state index contributed by atoms with van der Waals surface area (Å²) in [5.74, 6) is 0.246. The Bertz CT molecular complexity index is 935. The molecule has 24 heavy (non-hydrogen) atoms. The first-order chi connectivity index (χ1) is 11.4. The summed E-state index contributed by atoms with van der Waals surface area (Å²) in [7, 11) is -3.60.